The Morgan fingerprint density at radius 3 is 2.64 bits per heavy atom. The van der Waals surface area contributed by atoms with Crippen molar-refractivity contribution in [2.45, 2.75) is 37.8 Å². The maximum Gasteiger partial charge on any atom is 0.251 e. The fourth-order valence-electron chi connectivity index (χ4n) is 4.01. The van der Waals surface area contributed by atoms with Gasteiger partial charge in [0.1, 0.15) is 0 Å². The Balaban J connectivity index is 1.57. The van der Waals surface area contributed by atoms with Gasteiger partial charge in [0.05, 0.1) is 0 Å². The summed E-state index contributed by atoms with van der Waals surface area (Å²) in [5, 5.41) is 3.27. The van der Waals surface area contributed by atoms with Crippen molar-refractivity contribution in [3.05, 3.63) is 29.8 Å². The molecule has 1 N–H and O–H groups in total. The lowest BCUT2D eigenvalue weighted by Crippen LogP contribution is -2.53. The molecule has 0 saturated carbocycles. The second-order valence-electron chi connectivity index (χ2n) is 7.79. The molecule has 1 aromatic rings. The molecule has 138 valence electrons. The van der Waals surface area contributed by atoms with Crippen LogP contribution in [0.3, 0.4) is 0 Å². The Morgan fingerprint density at radius 1 is 1.16 bits per heavy atom. The van der Waals surface area contributed by atoms with E-state index in [4.69, 9.17) is 0 Å². The van der Waals surface area contributed by atoms with E-state index in [1.54, 1.807) is 0 Å². The van der Waals surface area contributed by atoms with Gasteiger partial charge in [-0.1, -0.05) is 6.07 Å². The van der Waals surface area contributed by atoms with Crippen LogP contribution >= 0.6 is 0 Å². The van der Waals surface area contributed by atoms with E-state index in [9.17, 15) is 4.79 Å². The molecule has 2 aliphatic rings. The molecule has 0 radical (unpaired) electrons. The first-order chi connectivity index (χ1) is 12.0. The second-order valence-corrected chi connectivity index (χ2v) is 7.79. The predicted molar refractivity (Wildman–Crippen MR) is 103 cm³/mol. The third-order valence-electron chi connectivity index (χ3n) is 5.62. The minimum atomic E-state index is 0.0546. The molecule has 0 aromatic heterocycles. The minimum absolute atomic E-state index is 0.0546. The number of benzene rings is 1. The van der Waals surface area contributed by atoms with Gasteiger partial charge in [-0.05, 0) is 70.6 Å². The van der Waals surface area contributed by atoms with Gasteiger partial charge in [0, 0.05) is 44.0 Å². The molecule has 2 fully saturated rings. The van der Waals surface area contributed by atoms with Gasteiger partial charge in [-0.3, -0.25) is 9.69 Å². The molecule has 25 heavy (non-hydrogen) atoms. The van der Waals surface area contributed by atoms with Crippen LogP contribution in [-0.4, -0.2) is 75.1 Å². The Bertz CT molecular complexity index is 581. The highest BCUT2D eigenvalue weighted by Crippen LogP contribution is 2.21. The van der Waals surface area contributed by atoms with Gasteiger partial charge in [0.15, 0.2) is 0 Å². The molecule has 3 rings (SSSR count). The number of piperidine rings is 2. The Kier molecular flexibility index (Phi) is 5.97. The van der Waals surface area contributed by atoms with Gasteiger partial charge in [0.2, 0.25) is 0 Å². The number of carbonyl (C=O) groups excluding carboxylic acids is 1. The first kappa shape index (κ1) is 18.2. The third kappa shape index (κ3) is 4.73. The van der Waals surface area contributed by atoms with Crippen LogP contribution in [0.4, 0.5) is 5.69 Å². The molecule has 0 aliphatic carbocycles. The average Bonchev–Trinajstić information content (AvgIpc) is 2.62. The van der Waals surface area contributed by atoms with Crippen LogP contribution in [0.5, 0.6) is 0 Å². The van der Waals surface area contributed by atoms with Crippen LogP contribution in [-0.2, 0) is 0 Å². The number of hydrogen-bond donors (Lipinski definition) is 1. The van der Waals surface area contributed by atoms with Gasteiger partial charge in [-0.15, -0.1) is 0 Å². The summed E-state index contributed by atoms with van der Waals surface area (Å²) in [6.45, 7) is 4.55. The number of nitrogens with zero attached hydrogens (tertiary/aromatic N) is 3. The van der Waals surface area contributed by atoms with Crippen molar-refractivity contribution in [1.29, 1.82) is 0 Å². The molecule has 1 amide bonds. The molecule has 2 heterocycles. The minimum Gasteiger partial charge on any atom is -0.378 e. The number of nitrogens with one attached hydrogen (secondary N) is 1. The van der Waals surface area contributed by atoms with Gasteiger partial charge >= 0.3 is 0 Å². The summed E-state index contributed by atoms with van der Waals surface area (Å²) in [5.74, 6) is 0.0546. The number of hydrogen-bond acceptors (Lipinski definition) is 4. The van der Waals surface area contributed by atoms with Crippen molar-refractivity contribution in [3.8, 4) is 0 Å². The van der Waals surface area contributed by atoms with E-state index in [0.717, 1.165) is 24.2 Å². The fraction of sp³-hybridized carbons (Fsp3) is 0.650. The highest BCUT2D eigenvalue weighted by molar-refractivity contribution is 5.95. The maximum absolute atomic E-state index is 12.7. The number of carbonyl (C=O) groups is 1. The van der Waals surface area contributed by atoms with Crippen molar-refractivity contribution in [3.63, 3.8) is 0 Å². The summed E-state index contributed by atoms with van der Waals surface area (Å²) in [5.41, 5.74) is 1.81. The van der Waals surface area contributed by atoms with Crippen molar-refractivity contribution in [2.75, 3.05) is 52.2 Å². The zero-order valence-electron chi connectivity index (χ0n) is 15.9. The van der Waals surface area contributed by atoms with Crippen LogP contribution in [0.15, 0.2) is 24.3 Å². The monoisotopic (exact) mass is 344 g/mol. The Labute approximate surface area is 152 Å². The van der Waals surface area contributed by atoms with Crippen LogP contribution in [0.25, 0.3) is 0 Å². The van der Waals surface area contributed by atoms with E-state index in [2.05, 4.69) is 22.2 Å². The highest BCUT2D eigenvalue weighted by Gasteiger charge is 2.28. The van der Waals surface area contributed by atoms with E-state index < -0.39 is 0 Å². The smallest absolute Gasteiger partial charge is 0.251 e. The lowest BCUT2D eigenvalue weighted by molar-refractivity contribution is 0.0766. The Morgan fingerprint density at radius 2 is 1.92 bits per heavy atom. The molecule has 1 atom stereocenters. The lowest BCUT2D eigenvalue weighted by atomic mass is 9.98. The van der Waals surface area contributed by atoms with Gasteiger partial charge in [-0.2, -0.15) is 0 Å². The molecule has 0 spiro atoms. The summed E-state index contributed by atoms with van der Waals surface area (Å²) in [6, 6.07) is 8.80. The van der Waals surface area contributed by atoms with Crippen molar-refractivity contribution < 1.29 is 4.79 Å². The van der Waals surface area contributed by atoms with Crippen LogP contribution in [0, 0.1) is 0 Å². The van der Waals surface area contributed by atoms with E-state index in [1.165, 1.54) is 38.9 Å². The maximum atomic E-state index is 12.7. The summed E-state index contributed by atoms with van der Waals surface area (Å²) in [4.78, 5) is 19.7. The summed E-state index contributed by atoms with van der Waals surface area (Å²) < 4.78 is 0. The molecule has 2 saturated heterocycles. The van der Waals surface area contributed by atoms with Gasteiger partial charge in [-0.25, -0.2) is 0 Å². The highest BCUT2D eigenvalue weighted by atomic mass is 16.1. The number of likely N-dealkylation sites (tertiary alicyclic amines) is 2. The number of anilines is 1. The number of amides is 1. The van der Waals surface area contributed by atoms with E-state index in [0.29, 0.717) is 6.04 Å². The molecule has 2 aliphatic heterocycles. The SMILES string of the molecule is CN1CCC(N2CCCC(NC(=O)c3cccc(N(C)C)c3)C2)CC1. The molecule has 5 heteroatoms. The molecular formula is C20H32N4O. The largest absolute Gasteiger partial charge is 0.378 e. The Hall–Kier alpha value is -1.59. The standard InChI is InChI=1S/C20H32N4O/c1-22(2)19-8-4-6-16(14-19)20(25)21-17-7-5-11-24(15-17)18-9-12-23(3)13-10-18/h4,6,8,14,17-18H,5,7,9-13,15H2,1-3H3,(H,21,25). The van der Waals surface area contributed by atoms with E-state index in [-0.39, 0.29) is 11.9 Å². The number of rotatable bonds is 4. The van der Waals surface area contributed by atoms with Gasteiger partial charge in [0.25, 0.3) is 5.91 Å². The van der Waals surface area contributed by atoms with Crippen LogP contribution < -0.4 is 10.2 Å². The fourth-order valence-corrected chi connectivity index (χ4v) is 4.01. The van der Waals surface area contributed by atoms with Gasteiger partial charge < -0.3 is 15.1 Å². The zero-order valence-corrected chi connectivity index (χ0v) is 15.9. The lowest BCUT2D eigenvalue weighted by Gasteiger charge is -2.41. The quantitative estimate of drug-likeness (QED) is 0.907. The third-order valence-corrected chi connectivity index (χ3v) is 5.62. The van der Waals surface area contributed by atoms with Crippen molar-refractivity contribution >= 4 is 11.6 Å². The normalized spacial score (nSPS) is 23.4. The zero-order chi connectivity index (χ0) is 17.8. The molecule has 0 bridgehead atoms. The van der Waals surface area contributed by atoms with E-state index >= 15 is 0 Å². The summed E-state index contributed by atoms with van der Waals surface area (Å²) in [7, 11) is 6.20. The van der Waals surface area contributed by atoms with Crippen LogP contribution in [0.1, 0.15) is 36.0 Å². The predicted octanol–water partition coefficient (Wildman–Crippen LogP) is 2.04. The first-order valence-corrected chi connectivity index (χ1v) is 9.54. The molecule has 5 nitrogen and oxygen atoms in total. The molecule has 1 unspecified atom stereocenters. The van der Waals surface area contributed by atoms with Crippen LogP contribution in [0.2, 0.25) is 0 Å². The van der Waals surface area contributed by atoms with Crippen molar-refractivity contribution in [2.24, 2.45) is 0 Å². The summed E-state index contributed by atoms with van der Waals surface area (Å²) >= 11 is 0. The molecular weight excluding hydrogens is 312 g/mol. The first-order valence-electron chi connectivity index (χ1n) is 9.54. The van der Waals surface area contributed by atoms with Crippen molar-refractivity contribution in [1.82, 2.24) is 15.1 Å². The second kappa shape index (κ2) is 8.19. The molecule has 1 aromatic carbocycles. The topological polar surface area (TPSA) is 38.8 Å². The average molecular weight is 345 g/mol. The van der Waals surface area contributed by atoms with E-state index in [1.807, 2.05) is 43.3 Å². The summed E-state index contributed by atoms with van der Waals surface area (Å²) in [6.07, 6.45) is 4.77.